The lowest BCUT2D eigenvalue weighted by atomic mass is 9.45. The summed E-state index contributed by atoms with van der Waals surface area (Å²) < 4.78 is 5.99. The normalized spacial score (nSPS) is 29.0. The van der Waals surface area contributed by atoms with E-state index in [4.69, 9.17) is 9.57 Å². The van der Waals surface area contributed by atoms with Crippen molar-refractivity contribution in [2.24, 2.45) is 35.0 Å². The van der Waals surface area contributed by atoms with Gasteiger partial charge in [0, 0.05) is 41.2 Å². The maximum atomic E-state index is 14.1. The Kier molecular flexibility index (Phi) is 11.5. The fourth-order valence-electron chi connectivity index (χ4n) is 8.73. The molecule has 10 heteroatoms. The van der Waals surface area contributed by atoms with Gasteiger partial charge >= 0.3 is 0 Å². The Balaban J connectivity index is 1.39. The number of aliphatic hydroxyl groups is 2. The van der Waals surface area contributed by atoms with Gasteiger partial charge < -0.3 is 30.5 Å². The van der Waals surface area contributed by atoms with Gasteiger partial charge in [-0.2, -0.15) is 5.06 Å². The molecule has 2 amide bonds. The SMILES string of the molecule is COc1c(CN2O[C@@H](CO)C(C(C)O)[C@H]2C(=O)N[C@H]2C[C@H]3C[C@@H]([C@@H]2C)C3(C)C)cccc1-c1cccc(C(=O)N[C@@H](CN(C)C)C(C)C)c1. The van der Waals surface area contributed by atoms with E-state index in [1.807, 2.05) is 56.6 Å². The van der Waals surface area contributed by atoms with E-state index in [0.29, 0.717) is 34.5 Å². The molecule has 2 bridgehead atoms. The van der Waals surface area contributed by atoms with Gasteiger partial charge in [-0.1, -0.05) is 65.0 Å². The Labute approximate surface area is 292 Å². The highest BCUT2D eigenvalue weighted by Crippen LogP contribution is 2.61. The first-order valence-corrected chi connectivity index (χ1v) is 17.9. The number of nitrogens with one attached hydrogen (secondary N) is 2. The van der Waals surface area contributed by atoms with Crippen LogP contribution in [0.25, 0.3) is 11.1 Å². The summed E-state index contributed by atoms with van der Waals surface area (Å²) in [7, 11) is 5.60. The van der Waals surface area contributed by atoms with Crippen molar-refractivity contribution >= 4 is 11.8 Å². The summed E-state index contributed by atoms with van der Waals surface area (Å²) in [6.07, 6.45) is 0.524. The van der Waals surface area contributed by atoms with Gasteiger partial charge in [0.15, 0.2) is 0 Å². The summed E-state index contributed by atoms with van der Waals surface area (Å²) in [6.45, 7) is 13.4. The van der Waals surface area contributed by atoms with Crippen LogP contribution in [0.1, 0.15) is 70.3 Å². The van der Waals surface area contributed by atoms with Gasteiger partial charge in [0.05, 0.1) is 26.4 Å². The smallest absolute Gasteiger partial charge is 0.251 e. The van der Waals surface area contributed by atoms with Crippen LogP contribution in [0.4, 0.5) is 0 Å². The topological polar surface area (TPSA) is 124 Å². The largest absolute Gasteiger partial charge is 0.496 e. The van der Waals surface area contributed by atoms with Crippen LogP contribution in [0.15, 0.2) is 42.5 Å². The molecule has 0 aromatic heterocycles. The summed E-state index contributed by atoms with van der Waals surface area (Å²) in [5.41, 5.74) is 3.24. The minimum absolute atomic E-state index is 0.00157. The third-order valence-corrected chi connectivity index (χ3v) is 11.8. The van der Waals surface area contributed by atoms with Gasteiger partial charge in [-0.15, -0.1) is 0 Å². The van der Waals surface area contributed by atoms with Gasteiger partial charge in [-0.05, 0) is 80.6 Å². The molecule has 0 radical (unpaired) electrons. The monoisotopic (exact) mass is 678 g/mol. The number of benzene rings is 2. The minimum Gasteiger partial charge on any atom is -0.496 e. The molecule has 2 unspecified atom stereocenters. The first-order valence-electron chi connectivity index (χ1n) is 17.9. The second-order valence-corrected chi connectivity index (χ2v) is 15.9. The Morgan fingerprint density at radius 2 is 1.84 bits per heavy atom. The summed E-state index contributed by atoms with van der Waals surface area (Å²) in [4.78, 5) is 35.8. The van der Waals surface area contributed by atoms with Gasteiger partial charge in [0.2, 0.25) is 5.91 Å². The highest BCUT2D eigenvalue weighted by molar-refractivity contribution is 5.96. The number of carbonyl (C=O) groups is 2. The predicted octanol–water partition coefficient (Wildman–Crippen LogP) is 4.34. The second kappa shape index (κ2) is 15.1. The average Bonchev–Trinajstić information content (AvgIpc) is 3.43. The van der Waals surface area contributed by atoms with Crippen molar-refractivity contribution in [3.63, 3.8) is 0 Å². The molecule has 1 heterocycles. The number of ether oxygens (including phenoxy) is 1. The van der Waals surface area contributed by atoms with Crippen LogP contribution in [-0.2, 0) is 16.2 Å². The first kappa shape index (κ1) is 37.2. The summed E-state index contributed by atoms with van der Waals surface area (Å²) >= 11 is 0. The van der Waals surface area contributed by atoms with Crippen molar-refractivity contribution in [2.75, 3.05) is 34.4 Å². The molecule has 9 atom stereocenters. The van der Waals surface area contributed by atoms with Crippen molar-refractivity contribution in [1.29, 1.82) is 0 Å². The maximum Gasteiger partial charge on any atom is 0.251 e. The minimum atomic E-state index is -0.885. The third kappa shape index (κ3) is 7.54. The molecule has 4 aliphatic rings. The number of hydrogen-bond donors (Lipinski definition) is 4. The number of aliphatic hydroxyl groups excluding tert-OH is 2. The number of fused-ring (bicyclic) bond motifs is 2. The number of rotatable bonds is 13. The number of hydroxylamine groups is 2. The quantitative estimate of drug-likeness (QED) is 0.247. The Morgan fingerprint density at radius 1 is 1.12 bits per heavy atom. The van der Waals surface area contributed by atoms with Crippen LogP contribution < -0.4 is 15.4 Å². The van der Waals surface area contributed by atoms with Gasteiger partial charge in [0.25, 0.3) is 5.91 Å². The van der Waals surface area contributed by atoms with Crippen molar-refractivity contribution < 1.29 is 29.4 Å². The Bertz CT molecular complexity index is 1480. The zero-order valence-corrected chi connectivity index (χ0v) is 30.8. The van der Waals surface area contributed by atoms with Crippen LogP contribution in [-0.4, -0.2) is 96.7 Å². The van der Waals surface area contributed by atoms with E-state index in [1.54, 1.807) is 19.1 Å². The van der Waals surface area contributed by atoms with E-state index < -0.39 is 24.2 Å². The molecular formula is C39H58N4O6. The molecule has 3 aliphatic carbocycles. The van der Waals surface area contributed by atoms with Crippen LogP contribution in [0, 0.1) is 35.0 Å². The lowest BCUT2D eigenvalue weighted by Gasteiger charge is -2.62. The number of nitrogens with zero attached hydrogens (tertiary/aromatic N) is 2. The van der Waals surface area contributed by atoms with Crippen LogP contribution in [0.5, 0.6) is 5.75 Å². The summed E-state index contributed by atoms with van der Waals surface area (Å²) in [6, 6.07) is 12.5. The molecule has 3 saturated carbocycles. The van der Waals surface area contributed by atoms with Crippen molar-refractivity contribution in [3.05, 3.63) is 53.6 Å². The molecule has 49 heavy (non-hydrogen) atoms. The molecule has 6 rings (SSSR count). The van der Waals surface area contributed by atoms with Crippen molar-refractivity contribution in [2.45, 2.75) is 91.3 Å². The predicted molar refractivity (Wildman–Crippen MR) is 191 cm³/mol. The zero-order chi connectivity index (χ0) is 35.8. The maximum absolute atomic E-state index is 14.1. The molecule has 270 valence electrons. The summed E-state index contributed by atoms with van der Waals surface area (Å²) in [5.74, 6) is 1.41. The molecule has 2 aromatic rings. The van der Waals surface area contributed by atoms with E-state index in [1.165, 1.54) is 6.42 Å². The van der Waals surface area contributed by atoms with Crippen molar-refractivity contribution in [1.82, 2.24) is 20.6 Å². The molecule has 10 nitrogen and oxygen atoms in total. The third-order valence-electron chi connectivity index (χ3n) is 11.8. The van der Waals surface area contributed by atoms with E-state index in [9.17, 15) is 19.8 Å². The number of hydrogen-bond acceptors (Lipinski definition) is 8. The van der Waals surface area contributed by atoms with E-state index in [-0.39, 0.29) is 43.0 Å². The highest BCUT2D eigenvalue weighted by Gasteiger charge is 2.57. The fraction of sp³-hybridized carbons (Fsp3) is 0.641. The molecule has 2 aromatic carbocycles. The van der Waals surface area contributed by atoms with Crippen LogP contribution in [0.2, 0.25) is 0 Å². The van der Waals surface area contributed by atoms with Gasteiger partial charge in [-0.25, -0.2) is 0 Å². The van der Waals surface area contributed by atoms with E-state index >= 15 is 0 Å². The molecule has 4 fully saturated rings. The Hall–Kier alpha value is -3.02. The average molecular weight is 679 g/mol. The lowest BCUT2D eigenvalue weighted by Crippen LogP contribution is -2.62. The van der Waals surface area contributed by atoms with E-state index in [0.717, 1.165) is 29.7 Å². The van der Waals surface area contributed by atoms with Crippen LogP contribution >= 0.6 is 0 Å². The molecule has 0 spiro atoms. The van der Waals surface area contributed by atoms with Gasteiger partial charge in [0.1, 0.15) is 17.9 Å². The summed E-state index contributed by atoms with van der Waals surface area (Å²) in [5, 5.41) is 29.3. The standard InChI is InChI=1S/C39H58N4O6/c1-22(2)32(20-42(7)8)41-37(46)26-13-10-12-25(16-26)29-15-11-14-27(36(29)48-9)19-43-35(34(24(4)45)33(21-44)49-43)38(47)40-31-18-28-17-30(23(31)3)39(28,5)6/h10-16,22-24,28,30-35,44-45H,17-21H2,1-9H3,(H,40,47)(H,41,46)/t23-,24?,28+,30-,31-,32-,33-,34?,35-/m0/s1. The Morgan fingerprint density at radius 3 is 2.43 bits per heavy atom. The zero-order valence-electron chi connectivity index (χ0n) is 30.8. The first-order chi connectivity index (χ1) is 23.2. The number of para-hydroxylation sites is 1. The van der Waals surface area contributed by atoms with Crippen molar-refractivity contribution in [3.8, 4) is 16.9 Å². The molecule has 1 aliphatic heterocycles. The number of methoxy groups -OCH3 is 1. The number of amides is 2. The molecular weight excluding hydrogens is 620 g/mol. The number of likely N-dealkylation sites (N-methyl/N-ethyl adjacent to an activating group) is 1. The van der Waals surface area contributed by atoms with E-state index in [2.05, 4.69) is 50.2 Å². The molecule has 4 N–H and O–H groups in total. The van der Waals surface area contributed by atoms with Gasteiger partial charge in [-0.3, -0.25) is 14.4 Å². The fourth-order valence-corrected chi connectivity index (χ4v) is 8.73. The second-order valence-electron chi connectivity index (χ2n) is 15.9. The lowest BCUT2D eigenvalue weighted by molar-refractivity contribution is -0.183. The molecule has 1 saturated heterocycles. The highest BCUT2D eigenvalue weighted by atomic mass is 16.7. The number of carbonyl (C=O) groups excluding carboxylic acids is 2. The van der Waals surface area contributed by atoms with Crippen LogP contribution in [0.3, 0.4) is 0 Å².